The number of anilines is 1. The topological polar surface area (TPSA) is 62.7 Å². The summed E-state index contributed by atoms with van der Waals surface area (Å²) >= 11 is 0. The SMILES string of the molecule is COC(=O)c1ccc(N2CCC[C@@H]2[C@@H]2CCCC[C@H]2O)nc1C. The van der Waals surface area contributed by atoms with E-state index in [1.165, 1.54) is 13.5 Å². The van der Waals surface area contributed by atoms with E-state index in [0.29, 0.717) is 23.2 Å². The highest BCUT2D eigenvalue weighted by Gasteiger charge is 2.37. The van der Waals surface area contributed by atoms with Crippen molar-refractivity contribution in [3.8, 4) is 0 Å². The van der Waals surface area contributed by atoms with E-state index in [4.69, 9.17) is 4.74 Å². The summed E-state index contributed by atoms with van der Waals surface area (Å²) in [5.41, 5.74) is 1.22. The molecule has 1 aliphatic carbocycles. The summed E-state index contributed by atoms with van der Waals surface area (Å²) in [4.78, 5) is 18.7. The Morgan fingerprint density at radius 2 is 2.04 bits per heavy atom. The Bertz CT molecular complexity index is 575. The highest BCUT2D eigenvalue weighted by molar-refractivity contribution is 5.90. The summed E-state index contributed by atoms with van der Waals surface area (Å²) in [6.45, 7) is 2.81. The fourth-order valence-corrected chi connectivity index (χ4v) is 4.14. The van der Waals surface area contributed by atoms with Gasteiger partial charge in [-0.15, -0.1) is 0 Å². The Morgan fingerprint density at radius 1 is 1.26 bits per heavy atom. The molecule has 1 N–H and O–H groups in total. The van der Waals surface area contributed by atoms with Crippen molar-refractivity contribution in [1.82, 2.24) is 4.98 Å². The van der Waals surface area contributed by atoms with Gasteiger partial charge in [-0.1, -0.05) is 12.8 Å². The van der Waals surface area contributed by atoms with Crippen molar-refractivity contribution in [3.63, 3.8) is 0 Å². The number of ether oxygens (including phenoxy) is 1. The minimum absolute atomic E-state index is 0.190. The molecule has 5 nitrogen and oxygen atoms in total. The van der Waals surface area contributed by atoms with Gasteiger partial charge in [0.05, 0.1) is 24.5 Å². The molecule has 126 valence electrons. The molecule has 3 atom stereocenters. The zero-order valence-corrected chi connectivity index (χ0v) is 14.0. The second-order valence-electron chi connectivity index (χ2n) is 6.71. The lowest BCUT2D eigenvalue weighted by molar-refractivity contribution is 0.0565. The van der Waals surface area contributed by atoms with Crippen LogP contribution in [0.15, 0.2) is 12.1 Å². The number of esters is 1. The normalized spacial score (nSPS) is 28.0. The first-order valence-corrected chi connectivity index (χ1v) is 8.62. The van der Waals surface area contributed by atoms with Gasteiger partial charge in [-0.3, -0.25) is 0 Å². The van der Waals surface area contributed by atoms with Crippen molar-refractivity contribution in [2.45, 2.75) is 57.6 Å². The van der Waals surface area contributed by atoms with Crippen LogP contribution in [0.2, 0.25) is 0 Å². The number of aliphatic hydroxyl groups excluding tert-OH is 1. The molecule has 23 heavy (non-hydrogen) atoms. The van der Waals surface area contributed by atoms with E-state index in [0.717, 1.165) is 44.5 Å². The number of carbonyl (C=O) groups excluding carboxylic acids is 1. The molecule has 0 radical (unpaired) electrons. The standard InChI is InChI=1S/C18H26N2O3/c1-12-13(18(22)23-2)9-10-17(19-12)20-11-5-7-15(20)14-6-3-4-8-16(14)21/h9-10,14-16,21H,3-8,11H2,1-2H3/t14-,15+,16+/m0/s1. The van der Waals surface area contributed by atoms with Crippen molar-refractivity contribution in [2.24, 2.45) is 5.92 Å². The van der Waals surface area contributed by atoms with Crippen LogP contribution >= 0.6 is 0 Å². The van der Waals surface area contributed by atoms with Crippen LogP contribution < -0.4 is 4.90 Å². The molecule has 1 aromatic heterocycles. The lowest BCUT2D eigenvalue weighted by Crippen LogP contribution is -2.43. The number of pyridine rings is 1. The van der Waals surface area contributed by atoms with Gasteiger partial charge in [0.15, 0.2) is 0 Å². The Hall–Kier alpha value is -1.62. The molecule has 0 spiro atoms. The Balaban J connectivity index is 1.82. The first-order valence-electron chi connectivity index (χ1n) is 8.62. The van der Waals surface area contributed by atoms with Gasteiger partial charge in [-0.25, -0.2) is 9.78 Å². The summed E-state index contributed by atoms with van der Waals surface area (Å²) < 4.78 is 4.79. The predicted octanol–water partition coefficient (Wildman–Crippen LogP) is 2.70. The minimum Gasteiger partial charge on any atom is -0.465 e. The zero-order valence-electron chi connectivity index (χ0n) is 14.0. The van der Waals surface area contributed by atoms with Crippen LogP contribution in [0.4, 0.5) is 5.82 Å². The maximum absolute atomic E-state index is 11.7. The monoisotopic (exact) mass is 318 g/mol. The average Bonchev–Trinajstić information content (AvgIpc) is 3.04. The second kappa shape index (κ2) is 6.87. The van der Waals surface area contributed by atoms with Gasteiger partial charge in [0.2, 0.25) is 0 Å². The van der Waals surface area contributed by atoms with Gasteiger partial charge in [-0.2, -0.15) is 0 Å². The summed E-state index contributed by atoms with van der Waals surface area (Å²) in [6.07, 6.45) is 6.42. The number of hydrogen-bond acceptors (Lipinski definition) is 5. The van der Waals surface area contributed by atoms with E-state index in [1.54, 1.807) is 6.07 Å². The van der Waals surface area contributed by atoms with Crippen molar-refractivity contribution in [2.75, 3.05) is 18.6 Å². The molecule has 0 bridgehead atoms. The smallest absolute Gasteiger partial charge is 0.339 e. The minimum atomic E-state index is -0.345. The maximum Gasteiger partial charge on any atom is 0.339 e. The van der Waals surface area contributed by atoms with Gasteiger partial charge < -0.3 is 14.7 Å². The van der Waals surface area contributed by atoms with E-state index in [-0.39, 0.29) is 12.1 Å². The molecule has 2 fully saturated rings. The first-order chi connectivity index (χ1) is 11.1. The Morgan fingerprint density at radius 3 is 2.74 bits per heavy atom. The summed E-state index contributed by atoms with van der Waals surface area (Å²) in [7, 11) is 1.39. The number of carbonyl (C=O) groups is 1. The van der Waals surface area contributed by atoms with Crippen LogP contribution in [0.5, 0.6) is 0 Å². The number of methoxy groups -OCH3 is 1. The van der Waals surface area contributed by atoms with Crippen LogP contribution in [0.1, 0.15) is 54.6 Å². The van der Waals surface area contributed by atoms with E-state index >= 15 is 0 Å². The summed E-state index contributed by atoms with van der Waals surface area (Å²) in [6, 6.07) is 4.07. The van der Waals surface area contributed by atoms with Gasteiger partial charge in [0, 0.05) is 18.5 Å². The van der Waals surface area contributed by atoms with Crippen molar-refractivity contribution in [3.05, 3.63) is 23.4 Å². The highest BCUT2D eigenvalue weighted by Crippen LogP contribution is 2.36. The lowest BCUT2D eigenvalue weighted by atomic mass is 9.80. The van der Waals surface area contributed by atoms with Crippen LogP contribution in [-0.4, -0.2) is 41.9 Å². The quantitative estimate of drug-likeness (QED) is 0.868. The third kappa shape index (κ3) is 3.20. The number of hydrogen-bond donors (Lipinski definition) is 1. The van der Waals surface area contributed by atoms with Crippen LogP contribution in [0.3, 0.4) is 0 Å². The number of aliphatic hydroxyl groups is 1. The van der Waals surface area contributed by atoms with Crippen molar-refractivity contribution in [1.29, 1.82) is 0 Å². The van der Waals surface area contributed by atoms with Gasteiger partial charge in [0.25, 0.3) is 0 Å². The van der Waals surface area contributed by atoms with Crippen molar-refractivity contribution >= 4 is 11.8 Å². The molecule has 1 aliphatic heterocycles. The summed E-state index contributed by atoms with van der Waals surface area (Å²) in [5.74, 6) is 0.909. The first kappa shape index (κ1) is 16.2. The maximum atomic E-state index is 11.7. The highest BCUT2D eigenvalue weighted by atomic mass is 16.5. The third-order valence-corrected chi connectivity index (χ3v) is 5.35. The molecule has 0 aromatic carbocycles. The van der Waals surface area contributed by atoms with Crippen LogP contribution in [0.25, 0.3) is 0 Å². The third-order valence-electron chi connectivity index (χ3n) is 5.35. The molecule has 0 unspecified atom stereocenters. The van der Waals surface area contributed by atoms with Crippen LogP contribution in [-0.2, 0) is 4.74 Å². The molecular weight excluding hydrogens is 292 g/mol. The molecule has 0 amide bonds. The van der Waals surface area contributed by atoms with Crippen molar-refractivity contribution < 1.29 is 14.6 Å². The Kier molecular flexibility index (Phi) is 4.85. The Labute approximate surface area is 137 Å². The predicted molar refractivity (Wildman–Crippen MR) is 88.6 cm³/mol. The van der Waals surface area contributed by atoms with Gasteiger partial charge >= 0.3 is 5.97 Å². The van der Waals surface area contributed by atoms with E-state index in [9.17, 15) is 9.90 Å². The number of nitrogens with zero attached hydrogens (tertiary/aromatic N) is 2. The molecule has 5 heteroatoms. The van der Waals surface area contributed by atoms with E-state index in [1.807, 2.05) is 13.0 Å². The number of aryl methyl sites for hydroxylation is 1. The van der Waals surface area contributed by atoms with E-state index in [2.05, 4.69) is 9.88 Å². The molecule has 3 rings (SSSR count). The molecule has 2 heterocycles. The average molecular weight is 318 g/mol. The number of rotatable bonds is 3. The molecule has 1 saturated carbocycles. The molecule has 1 saturated heterocycles. The fraction of sp³-hybridized carbons (Fsp3) is 0.667. The zero-order chi connectivity index (χ0) is 16.4. The largest absolute Gasteiger partial charge is 0.465 e. The van der Waals surface area contributed by atoms with Gasteiger partial charge in [0.1, 0.15) is 5.82 Å². The van der Waals surface area contributed by atoms with E-state index < -0.39 is 0 Å². The number of aromatic nitrogens is 1. The second-order valence-corrected chi connectivity index (χ2v) is 6.71. The lowest BCUT2D eigenvalue weighted by Gasteiger charge is -2.37. The van der Waals surface area contributed by atoms with Crippen LogP contribution in [0, 0.1) is 12.8 Å². The fourth-order valence-electron chi connectivity index (χ4n) is 4.14. The van der Waals surface area contributed by atoms with Gasteiger partial charge in [-0.05, 0) is 44.7 Å². The molecule has 2 aliphatic rings. The summed E-state index contributed by atoms with van der Waals surface area (Å²) in [5, 5.41) is 10.4. The molecular formula is C18H26N2O3. The molecule has 1 aromatic rings.